The van der Waals surface area contributed by atoms with Gasteiger partial charge in [-0.2, -0.15) is 0 Å². The molecule has 22 aromatic rings. The minimum absolute atomic E-state index is 0.597. The van der Waals surface area contributed by atoms with Gasteiger partial charge in [0.2, 0.25) is 0 Å². The Bertz CT molecular complexity index is 8190. The van der Waals surface area contributed by atoms with Crippen LogP contribution in [0.15, 0.2) is 435 Å². The Kier molecular flexibility index (Phi) is 17.4. The third kappa shape index (κ3) is 12.4. The summed E-state index contributed by atoms with van der Waals surface area (Å²) in [6, 6.07) is 156. The molecule has 0 spiro atoms. The number of halogens is 2. The third-order valence-corrected chi connectivity index (χ3v) is 36.0. The SMILES string of the molecule is C=I1(c2cc(-c3ccc4c5cc(-c6cccc(C7=NC(c8ccc(-c9ccccc9)cc8)=NC(c8cc(-c9ccc%10c%11ccccc%11c%11ccccc%11c%10c9)cc(-n9c%10ccccc%10c%10ccccc%109)c8)=I7)c6)ccc5c5ccccc5c4c3)cc(-c3nc(-c4ccccc4)nc(-c4cccc(-c5ccccc5)c4)n3)c2)c2ccccc2-c2ccccc21. The number of hydrogen-bond donors (Lipinski definition) is 0. The van der Waals surface area contributed by atoms with Crippen molar-refractivity contribution in [2.75, 3.05) is 0 Å². The van der Waals surface area contributed by atoms with Crippen LogP contribution in [0.3, 0.4) is 0 Å². The summed E-state index contributed by atoms with van der Waals surface area (Å²) in [5.41, 5.74) is 22.9. The number of nitrogens with zero attached hydrogens (tertiary/aromatic N) is 6. The van der Waals surface area contributed by atoms with E-state index in [1.165, 1.54) is 97.2 Å². The molecule has 0 atom stereocenters. The predicted molar refractivity (Wildman–Crippen MR) is 536 cm³/mol. The van der Waals surface area contributed by atoms with E-state index in [4.69, 9.17) is 29.5 Å². The first kappa shape index (κ1) is 72.3. The molecule has 20 aromatic carbocycles. The van der Waals surface area contributed by atoms with Crippen molar-refractivity contribution in [3.05, 3.63) is 452 Å². The monoisotopic (exact) mass is 1790 g/mol. The van der Waals surface area contributed by atoms with E-state index >= 15 is 0 Å². The van der Waals surface area contributed by atoms with Crippen LogP contribution >= 0.6 is 38.7 Å². The van der Waals surface area contributed by atoms with E-state index in [0.717, 1.165) is 113 Å². The summed E-state index contributed by atoms with van der Waals surface area (Å²) in [6.07, 6.45) is 0. The van der Waals surface area contributed by atoms with Crippen molar-refractivity contribution in [2.24, 2.45) is 9.98 Å². The standard InChI is InChI=1S/C115H72I2N6/c1-117(106-47-21-17-43-99(106)100-44-18-22-48-107(100)117)88-65-84(64-87(66-88)115-121-113(75-31-9-4-10-32-75)120-114(122-115)83-36-26-33-77(62-83)73-29-7-3-8-30-73)80-57-60-98-104(70-80)95-42-16-14-40-93(95)97-58-55-79(69-105(97)98)78-34-25-35-82(61-78)110-116-111(119-112(118-110)76-53-51-74(52-54-76)72-27-5-2-6-28-72)86-63-85(67-89(68-86)123-108-49-23-19-45-101(108)102-46-20-24-50-109(102)123)81-56-59-96-92-39-12-11-37-90(92)91-38-13-15-41-94(91)103(96)71-81/h2-71H,1H2. The van der Waals surface area contributed by atoms with Crippen molar-refractivity contribution in [1.29, 1.82) is 0 Å². The van der Waals surface area contributed by atoms with Gasteiger partial charge in [-0.3, -0.25) is 0 Å². The van der Waals surface area contributed by atoms with Crippen LogP contribution in [0.5, 0.6) is 0 Å². The average Bonchev–Trinajstić information content (AvgIpc) is 1.58. The molecule has 0 amide bonds. The first-order chi connectivity index (χ1) is 60.8. The molecule has 6 nitrogen and oxygen atoms in total. The van der Waals surface area contributed by atoms with Crippen molar-refractivity contribution < 1.29 is 0 Å². The van der Waals surface area contributed by atoms with E-state index in [1.54, 1.807) is 0 Å². The fourth-order valence-corrected chi connectivity index (χ4v) is 29.5. The molecule has 0 unspecified atom stereocenters. The summed E-state index contributed by atoms with van der Waals surface area (Å²) in [5, 5.41) is 17.0. The molecule has 24 rings (SSSR count). The van der Waals surface area contributed by atoms with Gasteiger partial charge in [0.1, 0.15) is 7.35 Å². The third-order valence-electron chi connectivity index (χ3n) is 24.7. The van der Waals surface area contributed by atoms with Crippen molar-refractivity contribution in [1.82, 2.24) is 19.5 Å². The number of amidine groups is 1. The van der Waals surface area contributed by atoms with E-state index in [9.17, 15) is 0 Å². The molecule has 2 aromatic heterocycles. The van der Waals surface area contributed by atoms with Crippen molar-refractivity contribution in [2.45, 2.75) is 0 Å². The van der Waals surface area contributed by atoms with Crippen LogP contribution in [0.25, 0.3) is 193 Å². The molecule has 0 aliphatic carbocycles. The quantitative estimate of drug-likeness (QED) is 0.0853. The molecule has 2 aliphatic heterocycles. The van der Waals surface area contributed by atoms with Gasteiger partial charge in [0.25, 0.3) is 0 Å². The molecule has 2 aliphatic rings. The van der Waals surface area contributed by atoms with Crippen LogP contribution in [-0.4, -0.2) is 37.2 Å². The molecule has 4 heterocycles. The van der Waals surface area contributed by atoms with E-state index in [1.807, 2.05) is 18.2 Å². The second-order valence-corrected chi connectivity index (χ2v) is 41.9. The fourth-order valence-electron chi connectivity index (χ4n) is 18.8. The maximum absolute atomic E-state index is 5.78. The number of rotatable bonds is 13. The van der Waals surface area contributed by atoms with Gasteiger partial charge in [0.05, 0.1) is 11.0 Å². The summed E-state index contributed by atoms with van der Waals surface area (Å²) in [4.78, 5) is 27.7. The zero-order chi connectivity index (χ0) is 81.2. The summed E-state index contributed by atoms with van der Waals surface area (Å²) in [5.74, 6) is 2.50. The molecular formula is C115H72I2N6. The van der Waals surface area contributed by atoms with Crippen LogP contribution < -0.4 is 0 Å². The maximum atomic E-state index is 5.78. The van der Waals surface area contributed by atoms with Gasteiger partial charge in [-0.25, -0.2) is 9.98 Å². The van der Waals surface area contributed by atoms with Gasteiger partial charge in [-0.1, -0.05) is 170 Å². The molecule has 0 bridgehead atoms. The van der Waals surface area contributed by atoms with Crippen molar-refractivity contribution in [3.63, 3.8) is 0 Å². The molecule has 0 fully saturated rings. The van der Waals surface area contributed by atoms with Gasteiger partial charge in [-0.05, 0) is 112 Å². The van der Waals surface area contributed by atoms with Crippen molar-refractivity contribution in [3.8, 4) is 107 Å². The van der Waals surface area contributed by atoms with Gasteiger partial charge in [0.15, 0.2) is 5.84 Å². The average molecular weight is 1790 g/mol. The van der Waals surface area contributed by atoms with Crippen LogP contribution in [0.4, 0.5) is 0 Å². The van der Waals surface area contributed by atoms with Gasteiger partial charge in [0, 0.05) is 33.2 Å². The normalized spacial score (nSPS) is 13.3. The number of fused-ring (bicyclic) bond motifs is 18. The van der Waals surface area contributed by atoms with Crippen LogP contribution in [0.1, 0.15) is 16.7 Å². The van der Waals surface area contributed by atoms with E-state index in [2.05, 4.69) is 411 Å². The molecule has 123 heavy (non-hydrogen) atoms. The number of aromatic nitrogens is 4. The molecule has 576 valence electrons. The molecule has 0 N–H and O–H groups in total. The first-order valence-corrected chi connectivity index (χ1v) is 48.5. The van der Waals surface area contributed by atoms with Gasteiger partial charge < -0.3 is 4.57 Å². The number of hydrogen-bond acceptors (Lipinski definition) is 5. The zero-order valence-electron chi connectivity index (χ0n) is 66.6. The molecule has 8 heteroatoms. The van der Waals surface area contributed by atoms with Crippen molar-refractivity contribution >= 4 is 143 Å². The Morgan fingerprint density at radius 1 is 0.220 bits per heavy atom. The van der Waals surface area contributed by atoms with Crippen LogP contribution in [-0.2, 0) is 0 Å². The molecule has 0 saturated heterocycles. The van der Waals surface area contributed by atoms with Gasteiger partial charge >= 0.3 is 378 Å². The Morgan fingerprint density at radius 3 is 1.11 bits per heavy atom. The van der Waals surface area contributed by atoms with E-state index in [0.29, 0.717) is 23.3 Å². The predicted octanol–water partition coefficient (Wildman–Crippen LogP) is 29.9. The number of aliphatic imine (C=N–C) groups is 2. The van der Waals surface area contributed by atoms with E-state index < -0.39 is 38.7 Å². The zero-order valence-corrected chi connectivity index (χ0v) is 70.9. The Labute approximate surface area is 724 Å². The topological polar surface area (TPSA) is 68.3 Å². The van der Waals surface area contributed by atoms with Crippen LogP contribution in [0, 0.1) is 10.7 Å². The summed E-state index contributed by atoms with van der Waals surface area (Å²) in [7, 11) is 0. The first-order valence-electron chi connectivity index (χ1n) is 41.5. The Balaban J connectivity index is 0.660. The summed E-state index contributed by atoms with van der Waals surface area (Å²) in [6.45, 7) is 0. The number of benzene rings is 20. The summed E-state index contributed by atoms with van der Waals surface area (Å²) >= 11 is -4.64. The minimum atomic E-state index is -3.61. The Morgan fingerprint density at radius 2 is 0.553 bits per heavy atom. The fraction of sp³-hybridized carbons (Fsp3) is 0. The second-order valence-electron chi connectivity index (χ2n) is 31.8. The Hall–Kier alpha value is -14.7. The molecule has 0 saturated carbocycles. The second kappa shape index (κ2) is 29.6. The van der Waals surface area contributed by atoms with Crippen LogP contribution in [0.2, 0.25) is 0 Å². The summed E-state index contributed by atoms with van der Waals surface area (Å²) < 4.78 is 13.9. The molecular weight excluding hydrogens is 1720 g/mol. The van der Waals surface area contributed by atoms with E-state index in [-0.39, 0.29) is 0 Å². The molecule has 0 radical (unpaired) electrons. The number of para-hydroxylation sites is 2. The van der Waals surface area contributed by atoms with Gasteiger partial charge in [-0.15, -0.1) is 0 Å².